The lowest BCUT2D eigenvalue weighted by atomic mass is 9.89. The summed E-state index contributed by atoms with van der Waals surface area (Å²) in [6.07, 6.45) is -4.22. The van der Waals surface area contributed by atoms with E-state index in [1.165, 1.54) is 19.2 Å². The van der Waals surface area contributed by atoms with Crippen LogP contribution in [-0.2, 0) is 21.3 Å². The zero-order chi connectivity index (χ0) is 30.5. The van der Waals surface area contributed by atoms with Crippen LogP contribution in [0.1, 0.15) is 29.8 Å². The van der Waals surface area contributed by atoms with E-state index in [9.17, 15) is 24.6 Å². The molecule has 222 valence electrons. The molecule has 2 aromatic heterocycles. The molecule has 0 spiro atoms. The van der Waals surface area contributed by atoms with Gasteiger partial charge in [0, 0.05) is 31.3 Å². The predicted octanol–water partition coefficient (Wildman–Crippen LogP) is 2.90. The minimum absolute atomic E-state index is 0.0122. The van der Waals surface area contributed by atoms with Crippen molar-refractivity contribution in [1.82, 2.24) is 4.57 Å². The lowest BCUT2D eigenvalue weighted by Crippen LogP contribution is -2.65. The summed E-state index contributed by atoms with van der Waals surface area (Å²) in [7, 11) is 3.17. The van der Waals surface area contributed by atoms with Crippen LogP contribution in [0.3, 0.4) is 0 Å². The summed E-state index contributed by atoms with van der Waals surface area (Å²) in [6, 6.07) is 9.95. The molecule has 2 amide bonds. The number of primary amides is 1. The first-order valence-corrected chi connectivity index (χ1v) is 13.0. The quantitative estimate of drug-likeness (QED) is 0.247. The number of nitrogens with one attached hydrogen (secondary N) is 1. The number of hydrogen-bond acceptors (Lipinski definition) is 10. The number of methoxy groups -OCH3 is 1. The third-order valence-corrected chi connectivity index (χ3v) is 7.40. The standard InChI is InChI=1S/C29H31N3O10/c1-13-17(39-27-21(34)23(41-28(30)37)24(38-5)29(2,3)42-27)10-9-16-20(33)18(26(36)40-22(13)16)31-25(35)15-8-6-7-14-11-12-32(4)19(14)15/h6-12,21,23-24,27,33-34H,1-5H3,(H2,30,37)(H,31,35)/t21-,23+,24-,27-/m1/s1. The molecule has 2 aromatic carbocycles. The van der Waals surface area contributed by atoms with Gasteiger partial charge in [0.1, 0.15) is 17.4 Å². The average Bonchev–Trinajstić information content (AvgIpc) is 3.31. The minimum Gasteiger partial charge on any atom is -0.505 e. The highest BCUT2D eigenvalue weighted by molar-refractivity contribution is 6.13. The number of ether oxygens (including phenoxy) is 4. The number of aliphatic hydroxyl groups is 1. The van der Waals surface area contributed by atoms with Gasteiger partial charge in [0.25, 0.3) is 5.91 Å². The summed E-state index contributed by atoms with van der Waals surface area (Å²) in [5.41, 5.74) is 3.97. The number of rotatable bonds is 6. The second-order valence-electron chi connectivity index (χ2n) is 10.6. The highest BCUT2D eigenvalue weighted by Crippen LogP contribution is 2.38. The van der Waals surface area contributed by atoms with E-state index in [1.807, 2.05) is 18.3 Å². The monoisotopic (exact) mass is 581 g/mol. The van der Waals surface area contributed by atoms with E-state index in [2.05, 4.69) is 5.32 Å². The van der Waals surface area contributed by atoms with Crippen LogP contribution < -0.4 is 21.4 Å². The molecule has 3 heterocycles. The maximum Gasteiger partial charge on any atom is 0.404 e. The fourth-order valence-corrected chi connectivity index (χ4v) is 5.39. The van der Waals surface area contributed by atoms with Crippen LogP contribution in [0.15, 0.2) is 51.8 Å². The fraction of sp³-hybridized carbons (Fsp3) is 0.345. The van der Waals surface area contributed by atoms with Gasteiger partial charge in [-0.05, 0) is 45.0 Å². The van der Waals surface area contributed by atoms with Gasteiger partial charge in [-0.3, -0.25) is 4.79 Å². The zero-order valence-electron chi connectivity index (χ0n) is 23.5. The van der Waals surface area contributed by atoms with Gasteiger partial charge < -0.3 is 49.2 Å². The van der Waals surface area contributed by atoms with Gasteiger partial charge in [-0.2, -0.15) is 0 Å². The number of amides is 2. The maximum atomic E-state index is 13.2. The lowest BCUT2D eigenvalue weighted by Gasteiger charge is -2.47. The second-order valence-corrected chi connectivity index (χ2v) is 10.6. The van der Waals surface area contributed by atoms with Crippen molar-refractivity contribution in [3.63, 3.8) is 0 Å². The summed E-state index contributed by atoms with van der Waals surface area (Å²) in [4.78, 5) is 37.7. The van der Waals surface area contributed by atoms with E-state index >= 15 is 0 Å². The molecule has 0 saturated carbocycles. The van der Waals surface area contributed by atoms with Crippen molar-refractivity contribution in [3.05, 3.63) is 64.1 Å². The molecule has 5 rings (SSSR count). The van der Waals surface area contributed by atoms with Crippen LogP contribution in [0.4, 0.5) is 10.5 Å². The Kier molecular flexibility index (Phi) is 7.35. The van der Waals surface area contributed by atoms with Crippen molar-refractivity contribution in [1.29, 1.82) is 0 Å². The van der Waals surface area contributed by atoms with Crippen molar-refractivity contribution in [2.24, 2.45) is 12.8 Å². The van der Waals surface area contributed by atoms with Crippen LogP contribution in [0.2, 0.25) is 0 Å². The Morgan fingerprint density at radius 3 is 2.60 bits per heavy atom. The van der Waals surface area contributed by atoms with Crippen molar-refractivity contribution in [2.45, 2.75) is 51.0 Å². The molecule has 0 aliphatic carbocycles. The molecule has 4 atom stereocenters. The number of carbonyl (C=O) groups is 2. The normalized spacial score (nSPS) is 21.8. The van der Waals surface area contributed by atoms with Gasteiger partial charge >= 0.3 is 11.7 Å². The van der Waals surface area contributed by atoms with Crippen LogP contribution in [0, 0.1) is 6.92 Å². The molecule has 0 radical (unpaired) electrons. The number of aryl methyl sites for hydroxylation is 2. The first kappa shape index (κ1) is 28.9. The van der Waals surface area contributed by atoms with Crippen molar-refractivity contribution in [3.8, 4) is 11.5 Å². The van der Waals surface area contributed by atoms with Crippen LogP contribution >= 0.6 is 0 Å². The number of benzene rings is 2. The summed E-state index contributed by atoms with van der Waals surface area (Å²) >= 11 is 0. The van der Waals surface area contributed by atoms with Gasteiger partial charge in [-0.25, -0.2) is 9.59 Å². The van der Waals surface area contributed by atoms with E-state index in [0.717, 1.165) is 5.39 Å². The maximum absolute atomic E-state index is 13.2. The summed E-state index contributed by atoms with van der Waals surface area (Å²) < 4.78 is 29.7. The Labute approximate surface area is 239 Å². The molecule has 1 aliphatic rings. The van der Waals surface area contributed by atoms with E-state index in [-0.39, 0.29) is 16.7 Å². The number of para-hydroxylation sites is 1. The molecule has 0 unspecified atom stereocenters. The Bertz CT molecular complexity index is 1760. The van der Waals surface area contributed by atoms with E-state index < -0.39 is 59.3 Å². The molecule has 13 nitrogen and oxygen atoms in total. The molecule has 1 saturated heterocycles. The van der Waals surface area contributed by atoms with Crippen LogP contribution in [0.5, 0.6) is 11.5 Å². The number of carbonyl (C=O) groups excluding carboxylic acids is 2. The number of hydrogen-bond donors (Lipinski definition) is 4. The average molecular weight is 582 g/mol. The molecule has 42 heavy (non-hydrogen) atoms. The van der Waals surface area contributed by atoms with Crippen molar-refractivity contribution >= 4 is 39.6 Å². The fourth-order valence-electron chi connectivity index (χ4n) is 5.39. The lowest BCUT2D eigenvalue weighted by molar-refractivity contribution is -0.304. The number of aromatic hydroxyl groups is 1. The number of anilines is 1. The van der Waals surface area contributed by atoms with Crippen LogP contribution in [-0.4, -0.2) is 64.1 Å². The van der Waals surface area contributed by atoms with Gasteiger partial charge in [0.15, 0.2) is 23.6 Å². The van der Waals surface area contributed by atoms with E-state index in [0.29, 0.717) is 16.6 Å². The molecule has 5 N–H and O–H groups in total. The Morgan fingerprint density at radius 2 is 1.90 bits per heavy atom. The molecule has 0 bridgehead atoms. The number of nitrogens with two attached hydrogens (primary N) is 1. The number of aliphatic hydroxyl groups excluding tert-OH is 1. The van der Waals surface area contributed by atoms with Gasteiger partial charge in [-0.1, -0.05) is 12.1 Å². The number of nitrogens with zero attached hydrogens (tertiary/aromatic N) is 1. The third-order valence-electron chi connectivity index (χ3n) is 7.40. The first-order valence-electron chi connectivity index (χ1n) is 13.0. The second kappa shape index (κ2) is 10.7. The number of aromatic nitrogens is 1. The SMILES string of the molecule is CO[C@@H]1[C@@H](OC(N)=O)[C@@H](O)[C@H](Oc2ccc3c(O)c(NC(=O)c4cccc5ccn(C)c45)c(=O)oc3c2C)OC1(C)C. The van der Waals surface area contributed by atoms with Gasteiger partial charge in [0.2, 0.25) is 6.29 Å². The van der Waals surface area contributed by atoms with Crippen molar-refractivity contribution < 1.29 is 43.2 Å². The van der Waals surface area contributed by atoms with Crippen molar-refractivity contribution in [2.75, 3.05) is 12.4 Å². The molecule has 1 aliphatic heterocycles. The highest BCUT2D eigenvalue weighted by atomic mass is 16.7. The third kappa shape index (κ3) is 4.91. The largest absolute Gasteiger partial charge is 0.505 e. The summed E-state index contributed by atoms with van der Waals surface area (Å²) in [5, 5.41) is 25.4. The van der Waals surface area contributed by atoms with E-state index in [1.54, 1.807) is 44.5 Å². The Hall–Kier alpha value is -4.59. The Balaban J connectivity index is 1.46. The highest BCUT2D eigenvalue weighted by Gasteiger charge is 2.53. The predicted molar refractivity (Wildman–Crippen MR) is 151 cm³/mol. The minimum atomic E-state index is -1.50. The Morgan fingerprint density at radius 1 is 1.17 bits per heavy atom. The smallest absolute Gasteiger partial charge is 0.404 e. The molecule has 4 aromatic rings. The zero-order valence-corrected chi connectivity index (χ0v) is 23.5. The van der Waals surface area contributed by atoms with Crippen LogP contribution in [0.25, 0.3) is 21.9 Å². The summed E-state index contributed by atoms with van der Waals surface area (Å²) in [5.74, 6) is -0.948. The molecule has 13 heteroatoms. The van der Waals surface area contributed by atoms with Gasteiger partial charge in [0.05, 0.1) is 22.1 Å². The summed E-state index contributed by atoms with van der Waals surface area (Å²) in [6.45, 7) is 4.91. The van der Waals surface area contributed by atoms with Gasteiger partial charge in [-0.15, -0.1) is 0 Å². The van der Waals surface area contributed by atoms with E-state index in [4.69, 9.17) is 29.1 Å². The topological polar surface area (TPSA) is 185 Å². The molecular formula is C29H31N3O10. The number of fused-ring (bicyclic) bond motifs is 2. The molecule has 1 fully saturated rings. The first-order chi connectivity index (χ1) is 19.8. The molecular weight excluding hydrogens is 550 g/mol.